The summed E-state index contributed by atoms with van der Waals surface area (Å²) in [6.45, 7) is 3.79. The third-order valence-electron chi connectivity index (χ3n) is 3.31. The number of carboxylic acid groups (broad SMARTS) is 1. The number of carbonyl (C=O) groups is 2. The van der Waals surface area contributed by atoms with E-state index in [1.165, 1.54) is 4.90 Å². The van der Waals surface area contributed by atoms with Gasteiger partial charge in [0.1, 0.15) is 12.2 Å². The monoisotopic (exact) mass is 379 g/mol. The molecule has 122 valence electrons. The Morgan fingerprint density at radius 1 is 1.35 bits per heavy atom. The van der Waals surface area contributed by atoms with E-state index < -0.39 is 11.9 Å². The van der Waals surface area contributed by atoms with Gasteiger partial charge in [-0.2, -0.15) is 5.10 Å². The number of nitrogens with one attached hydrogen (secondary N) is 1. The van der Waals surface area contributed by atoms with Crippen LogP contribution in [-0.4, -0.2) is 38.6 Å². The molecule has 1 aromatic carbocycles. The third-order valence-corrected chi connectivity index (χ3v) is 3.81. The molecule has 0 atom stereocenters. The van der Waals surface area contributed by atoms with E-state index in [0.29, 0.717) is 0 Å². The van der Waals surface area contributed by atoms with Crippen molar-refractivity contribution < 1.29 is 14.7 Å². The van der Waals surface area contributed by atoms with E-state index in [2.05, 4.69) is 26.1 Å². The first-order valence-electron chi connectivity index (χ1n) is 7.17. The van der Waals surface area contributed by atoms with Crippen molar-refractivity contribution in [3.05, 3.63) is 51.8 Å². The van der Waals surface area contributed by atoms with Crippen molar-refractivity contribution in [2.24, 2.45) is 0 Å². The molecule has 0 bridgehead atoms. The fourth-order valence-electron chi connectivity index (χ4n) is 2.12. The first-order chi connectivity index (χ1) is 10.9. The summed E-state index contributed by atoms with van der Waals surface area (Å²) >= 11 is 3.37. The molecular formula is C16H18BrN3O3. The first kappa shape index (κ1) is 17.2. The molecule has 1 heterocycles. The molecule has 0 fully saturated rings. The van der Waals surface area contributed by atoms with Crippen molar-refractivity contribution in [3.63, 3.8) is 0 Å². The summed E-state index contributed by atoms with van der Waals surface area (Å²) in [5.41, 5.74) is 1.91. The summed E-state index contributed by atoms with van der Waals surface area (Å²) in [5, 5.41) is 15.9. The van der Waals surface area contributed by atoms with Gasteiger partial charge in [0.2, 0.25) is 0 Å². The van der Waals surface area contributed by atoms with E-state index in [-0.39, 0.29) is 24.7 Å². The van der Waals surface area contributed by atoms with Crippen LogP contribution >= 0.6 is 15.9 Å². The number of aromatic amines is 1. The second kappa shape index (κ2) is 7.41. The standard InChI is InChI=1S/C16H18BrN3O3/c1-10(2)13-7-14(19-18-13)16(23)20(9-15(21)22)8-11-4-3-5-12(17)6-11/h3-7,10H,8-9H2,1-2H3,(H,18,19)(H,21,22). The number of carbonyl (C=O) groups excluding carboxylic acids is 1. The normalized spacial score (nSPS) is 10.8. The van der Waals surface area contributed by atoms with Gasteiger partial charge in [0, 0.05) is 16.7 Å². The van der Waals surface area contributed by atoms with E-state index in [1.54, 1.807) is 6.07 Å². The minimum Gasteiger partial charge on any atom is -0.480 e. The summed E-state index contributed by atoms with van der Waals surface area (Å²) in [5.74, 6) is -1.26. The predicted octanol–water partition coefficient (Wildman–Crippen LogP) is 3.02. The van der Waals surface area contributed by atoms with Crippen LogP contribution in [0.1, 0.15) is 41.5 Å². The van der Waals surface area contributed by atoms with Crippen LogP contribution in [0.2, 0.25) is 0 Å². The molecule has 2 aromatic rings. The van der Waals surface area contributed by atoms with E-state index in [0.717, 1.165) is 15.7 Å². The summed E-state index contributed by atoms with van der Waals surface area (Å²) in [4.78, 5) is 24.9. The van der Waals surface area contributed by atoms with Crippen LogP contribution in [0.25, 0.3) is 0 Å². The highest BCUT2D eigenvalue weighted by atomic mass is 79.9. The zero-order valence-electron chi connectivity index (χ0n) is 12.9. The molecule has 2 N–H and O–H groups in total. The van der Waals surface area contributed by atoms with Gasteiger partial charge in [-0.15, -0.1) is 0 Å². The second-order valence-electron chi connectivity index (χ2n) is 5.55. The predicted molar refractivity (Wildman–Crippen MR) is 89.2 cm³/mol. The van der Waals surface area contributed by atoms with Crippen molar-refractivity contribution in [1.29, 1.82) is 0 Å². The fourth-order valence-corrected chi connectivity index (χ4v) is 2.57. The van der Waals surface area contributed by atoms with Gasteiger partial charge in [0.15, 0.2) is 0 Å². The average molecular weight is 380 g/mol. The molecule has 0 unspecified atom stereocenters. The minimum absolute atomic E-state index is 0.203. The lowest BCUT2D eigenvalue weighted by Gasteiger charge is -2.19. The van der Waals surface area contributed by atoms with E-state index in [4.69, 9.17) is 5.11 Å². The number of rotatable bonds is 6. The van der Waals surface area contributed by atoms with Crippen molar-refractivity contribution in [2.45, 2.75) is 26.3 Å². The van der Waals surface area contributed by atoms with Crippen LogP contribution in [-0.2, 0) is 11.3 Å². The van der Waals surface area contributed by atoms with Gasteiger partial charge in [0.05, 0.1) is 0 Å². The van der Waals surface area contributed by atoms with E-state index >= 15 is 0 Å². The molecule has 23 heavy (non-hydrogen) atoms. The number of nitrogens with zero attached hydrogens (tertiary/aromatic N) is 2. The molecule has 6 nitrogen and oxygen atoms in total. The molecule has 2 rings (SSSR count). The van der Waals surface area contributed by atoms with Crippen LogP contribution in [0.15, 0.2) is 34.8 Å². The Kier molecular flexibility index (Phi) is 5.54. The van der Waals surface area contributed by atoms with Crippen LogP contribution < -0.4 is 0 Å². The van der Waals surface area contributed by atoms with Crippen LogP contribution in [0.5, 0.6) is 0 Å². The number of benzene rings is 1. The Labute approximate surface area is 142 Å². The Morgan fingerprint density at radius 3 is 2.65 bits per heavy atom. The molecule has 1 aromatic heterocycles. The van der Waals surface area contributed by atoms with E-state index in [1.807, 2.05) is 38.1 Å². The number of carboxylic acids is 1. The third kappa shape index (κ3) is 4.66. The quantitative estimate of drug-likeness (QED) is 0.807. The highest BCUT2D eigenvalue weighted by Gasteiger charge is 2.22. The molecule has 0 aliphatic heterocycles. The number of aliphatic carboxylic acids is 1. The number of H-pyrrole nitrogens is 1. The Hall–Kier alpha value is -2.15. The molecule has 0 saturated heterocycles. The number of amides is 1. The van der Waals surface area contributed by atoms with Crippen molar-refractivity contribution >= 4 is 27.8 Å². The van der Waals surface area contributed by atoms with Crippen molar-refractivity contribution in [1.82, 2.24) is 15.1 Å². The molecular weight excluding hydrogens is 362 g/mol. The van der Waals surface area contributed by atoms with Gasteiger partial charge in [-0.1, -0.05) is 41.9 Å². The average Bonchev–Trinajstić information content (AvgIpc) is 2.95. The zero-order valence-corrected chi connectivity index (χ0v) is 14.5. The maximum absolute atomic E-state index is 12.6. The lowest BCUT2D eigenvalue weighted by atomic mass is 10.1. The maximum atomic E-state index is 12.6. The highest BCUT2D eigenvalue weighted by molar-refractivity contribution is 9.10. The number of hydrogen-bond acceptors (Lipinski definition) is 3. The summed E-state index contributed by atoms with van der Waals surface area (Å²) < 4.78 is 0.875. The summed E-state index contributed by atoms with van der Waals surface area (Å²) in [7, 11) is 0. The highest BCUT2D eigenvalue weighted by Crippen LogP contribution is 2.16. The van der Waals surface area contributed by atoms with Gasteiger partial charge in [-0.25, -0.2) is 0 Å². The van der Waals surface area contributed by atoms with Crippen molar-refractivity contribution in [2.75, 3.05) is 6.54 Å². The number of hydrogen-bond donors (Lipinski definition) is 2. The molecule has 0 radical (unpaired) electrons. The zero-order chi connectivity index (χ0) is 17.0. The lowest BCUT2D eigenvalue weighted by Crippen LogP contribution is -2.35. The summed E-state index contributed by atoms with van der Waals surface area (Å²) in [6.07, 6.45) is 0. The first-order valence-corrected chi connectivity index (χ1v) is 7.97. The van der Waals surface area contributed by atoms with Gasteiger partial charge in [0.25, 0.3) is 5.91 Å². The fraction of sp³-hybridized carbons (Fsp3) is 0.312. The van der Waals surface area contributed by atoms with E-state index in [9.17, 15) is 9.59 Å². The SMILES string of the molecule is CC(C)c1cc(C(=O)N(CC(=O)O)Cc2cccc(Br)c2)n[nH]1. The molecule has 1 amide bonds. The van der Waals surface area contributed by atoms with Crippen LogP contribution in [0.4, 0.5) is 0 Å². The van der Waals surface area contributed by atoms with Crippen LogP contribution in [0, 0.1) is 0 Å². The second-order valence-corrected chi connectivity index (χ2v) is 6.46. The smallest absolute Gasteiger partial charge is 0.323 e. The lowest BCUT2D eigenvalue weighted by molar-refractivity contribution is -0.137. The maximum Gasteiger partial charge on any atom is 0.323 e. The van der Waals surface area contributed by atoms with Gasteiger partial charge in [-0.05, 0) is 29.7 Å². The topological polar surface area (TPSA) is 86.3 Å². The molecule has 7 heteroatoms. The molecule has 0 aliphatic carbocycles. The van der Waals surface area contributed by atoms with Gasteiger partial charge >= 0.3 is 5.97 Å². The molecule has 0 aliphatic rings. The van der Waals surface area contributed by atoms with Crippen molar-refractivity contribution in [3.8, 4) is 0 Å². The largest absolute Gasteiger partial charge is 0.480 e. The minimum atomic E-state index is -1.06. The molecule has 0 spiro atoms. The molecule has 0 saturated carbocycles. The summed E-state index contributed by atoms with van der Waals surface area (Å²) in [6, 6.07) is 9.08. The Balaban J connectivity index is 2.22. The Morgan fingerprint density at radius 2 is 2.09 bits per heavy atom. The number of aromatic nitrogens is 2. The van der Waals surface area contributed by atoms with Gasteiger partial charge < -0.3 is 10.0 Å². The Bertz CT molecular complexity index is 712. The van der Waals surface area contributed by atoms with Crippen LogP contribution in [0.3, 0.4) is 0 Å². The number of halogens is 1. The van der Waals surface area contributed by atoms with Gasteiger partial charge in [-0.3, -0.25) is 14.7 Å².